The molecule has 0 heterocycles. The molecule has 6 rings (SSSR count). The third kappa shape index (κ3) is 12.1. The Labute approximate surface area is 333 Å². The zero-order valence-corrected chi connectivity index (χ0v) is 33.8. The Morgan fingerprint density at radius 2 is 1.18 bits per heavy atom. The number of fused-ring (bicyclic) bond motifs is 2. The van der Waals surface area contributed by atoms with Gasteiger partial charge in [-0.25, -0.2) is 30.4 Å². The Balaban J connectivity index is 0.000000221. The van der Waals surface area contributed by atoms with Crippen molar-refractivity contribution >= 4 is 37.9 Å². The number of sulfone groups is 2. The summed E-state index contributed by atoms with van der Waals surface area (Å²) in [5, 5.41) is 0. The molecule has 0 spiro atoms. The molecule has 0 saturated carbocycles. The molecule has 0 fully saturated rings. The van der Waals surface area contributed by atoms with Crippen LogP contribution in [0.3, 0.4) is 0 Å². The largest absolute Gasteiger partial charge is 0.466 e. The number of aldehydes is 1. The second-order valence-corrected chi connectivity index (χ2v) is 17.5. The first-order valence-electron chi connectivity index (χ1n) is 19.0. The molecule has 0 amide bonds. The summed E-state index contributed by atoms with van der Waals surface area (Å²) < 4.78 is 86.9. The Hall–Kier alpha value is -4.79. The SMILES string of the molecule is CCOC(=O)C=O.CCOC(=O)CCC[C@@H]1CCCc2cc(S(=O)(=O)c3cccc(F)c3)ccc21.NC[C@@H]1CCCc2cc(S(=O)(=O)c3cccc(F)c3)ccc21. The maximum Gasteiger partial charge on any atom is 0.371 e. The molecular weight excluding hydrogens is 777 g/mol. The fourth-order valence-electron chi connectivity index (χ4n) is 7.10. The number of hydrogen-bond acceptors (Lipinski definition) is 10. The molecule has 306 valence electrons. The standard InChI is InChI=1S/C22H25FO4S.C17H18FNO2S.C4H6O3/c1-2-27-22(24)11-4-7-16-6-3-8-17-14-20(12-13-21(16)17)28(25,26)19-10-5-9-18(23)15-19;18-14-5-2-6-15(10-14)22(20,21)16-7-8-17-12(9-16)3-1-4-13(17)11-19;1-2-7-4(6)3-5/h5,9-10,12-16H,2-4,6-8,11H2,1H3;2,5-10,13H,1,3-4,11,19H2;3H,2H2,1H3/t16-;13-;/m00./s1. The van der Waals surface area contributed by atoms with Crippen LogP contribution in [-0.4, -0.2) is 54.8 Å². The van der Waals surface area contributed by atoms with E-state index in [2.05, 4.69) is 4.74 Å². The number of hydrogen-bond donors (Lipinski definition) is 1. The number of carbonyl (C=O) groups excluding carboxylic acids is 3. The first kappa shape index (κ1) is 44.9. The van der Waals surface area contributed by atoms with Gasteiger partial charge in [-0.15, -0.1) is 0 Å². The summed E-state index contributed by atoms with van der Waals surface area (Å²) >= 11 is 0. The minimum atomic E-state index is -3.75. The Morgan fingerprint density at radius 3 is 1.61 bits per heavy atom. The molecular formula is C43H49F2NO9S2. The van der Waals surface area contributed by atoms with Crippen LogP contribution in [0.4, 0.5) is 8.78 Å². The highest BCUT2D eigenvalue weighted by Gasteiger charge is 2.26. The van der Waals surface area contributed by atoms with Gasteiger partial charge in [0.05, 0.1) is 32.8 Å². The lowest BCUT2D eigenvalue weighted by atomic mass is 9.80. The molecule has 0 bridgehead atoms. The van der Waals surface area contributed by atoms with Crippen molar-refractivity contribution in [3.05, 3.63) is 119 Å². The molecule has 2 aliphatic carbocycles. The first-order valence-corrected chi connectivity index (χ1v) is 22.0. The van der Waals surface area contributed by atoms with E-state index in [1.54, 1.807) is 38.1 Å². The van der Waals surface area contributed by atoms with Gasteiger partial charge in [0, 0.05) is 6.42 Å². The summed E-state index contributed by atoms with van der Waals surface area (Å²) in [6.45, 7) is 4.67. The lowest BCUT2D eigenvalue weighted by Crippen LogP contribution is -2.18. The Morgan fingerprint density at radius 1 is 0.702 bits per heavy atom. The highest BCUT2D eigenvalue weighted by molar-refractivity contribution is 7.91. The van der Waals surface area contributed by atoms with Crippen molar-refractivity contribution in [3.63, 3.8) is 0 Å². The van der Waals surface area contributed by atoms with E-state index in [9.17, 15) is 40.0 Å². The maximum absolute atomic E-state index is 13.5. The van der Waals surface area contributed by atoms with Gasteiger partial charge in [0.25, 0.3) is 0 Å². The van der Waals surface area contributed by atoms with Crippen molar-refractivity contribution in [2.45, 2.75) is 103 Å². The highest BCUT2D eigenvalue weighted by atomic mass is 32.2. The lowest BCUT2D eigenvalue weighted by molar-refractivity contribution is -0.148. The molecule has 0 radical (unpaired) electrons. The number of nitrogens with two attached hydrogens (primary N) is 1. The molecule has 2 atom stereocenters. The normalized spacial score (nSPS) is 15.9. The molecule has 0 aromatic heterocycles. The minimum absolute atomic E-state index is 0.0152. The third-order valence-corrected chi connectivity index (χ3v) is 13.3. The van der Waals surface area contributed by atoms with Gasteiger partial charge in [-0.3, -0.25) is 9.59 Å². The molecule has 4 aromatic rings. The number of carbonyl (C=O) groups is 3. The summed E-state index contributed by atoms with van der Waals surface area (Å²) in [5.41, 5.74) is 10.2. The molecule has 0 saturated heterocycles. The summed E-state index contributed by atoms with van der Waals surface area (Å²) in [6.07, 6.45) is 7.95. The van der Waals surface area contributed by atoms with E-state index < -0.39 is 37.3 Å². The maximum atomic E-state index is 13.5. The Bertz CT molecular complexity index is 2240. The number of halogens is 2. The predicted molar refractivity (Wildman–Crippen MR) is 210 cm³/mol. The average molecular weight is 826 g/mol. The lowest BCUT2D eigenvalue weighted by Gasteiger charge is -2.26. The van der Waals surface area contributed by atoms with Crippen molar-refractivity contribution in [3.8, 4) is 0 Å². The van der Waals surface area contributed by atoms with Gasteiger partial charge in [0.15, 0.2) is 0 Å². The molecule has 0 unspecified atom stereocenters. The van der Waals surface area contributed by atoms with Gasteiger partial charge < -0.3 is 15.2 Å². The molecule has 10 nitrogen and oxygen atoms in total. The van der Waals surface area contributed by atoms with Crippen LogP contribution in [0.25, 0.3) is 0 Å². The third-order valence-electron chi connectivity index (χ3n) is 9.85. The summed E-state index contributed by atoms with van der Waals surface area (Å²) in [5.74, 6) is -1.47. The van der Waals surface area contributed by atoms with Crippen LogP contribution < -0.4 is 5.73 Å². The number of aryl methyl sites for hydroxylation is 2. The zero-order valence-electron chi connectivity index (χ0n) is 32.1. The average Bonchev–Trinajstić information content (AvgIpc) is 3.21. The Kier molecular flexibility index (Phi) is 16.6. The quantitative estimate of drug-likeness (QED) is 0.0855. The number of benzene rings is 4. The number of esters is 2. The van der Waals surface area contributed by atoms with E-state index in [0.717, 1.165) is 85.8 Å². The van der Waals surface area contributed by atoms with Gasteiger partial charge >= 0.3 is 11.9 Å². The van der Waals surface area contributed by atoms with Gasteiger partial charge in [0.1, 0.15) is 11.6 Å². The molecule has 57 heavy (non-hydrogen) atoms. The van der Waals surface area contributed by atoms with E-state index in [1.165, 1.54) is 36.4 Å². The fourth-order valence-corrected chi connectivity index (χ4v) is 9.79. The van der Waals surface area contributed by atoms with E-state index in [1.807, 2.05) is 12.1 Å². The molecule has 2 N–H and O–H groups in total. The fraction of sp³-hybridized carbons (Fsp3) is 0.372. The zero-order chi connectivity index (χ0) is 41.6. The van der Waals surface area contributed by atoms with Gasteiger partial charge in [-0.05, 0) is 167 Å². The second-order valence-electron chi connectivity index (χ2n) is 13.6. The molecule has 2 aliphatic rings. The van der Waals surface area contributed by atoms with Crippen LogP contribution in [0.5, 0.6) is 0 Å². The topological polar surface area (TPSA) is 164 Å². The monoisotopic (exact) mass is 825 g/mol. The molecule has 4 aromatic carbocycles. The van der Waals surface area contributed by atoms with Crippen molar-refractivity contribution in [1.29, 1.82) is 0 Å². The summed E-state index contributed by atoms with van der Waals surface area (Å²) in [6, 6.07) is 20.6. The minimum Gasteiger partial charge on any atom is -0.466 e. The van der Waals surface area contributed by atoms with Crippen LogP contribution in [0.15, 0.2) is 105 Å². The van der Waals surface area contributed by atoms with Gasteiger partial charge in [0.2, 0.25) is 26.0 Å². The van der Waals surface area contributed by atoms with Crippen LogP contribution in [0.2, 0.25) is 0 Å². The molecule has 14 heteroatoms. The van der Waals surface area contributed by atoms with E-state index in [4.69, 9.17) is 10.5 Å². The van der Waals surface area contributed by atoms with Gasteiger partial charge in [-0.1, -0.05) is 24.3 Å². The number of rotatable bonds is 12. The van der Waals surface area contributed by atoms with Crippen molar-refractivity contribution in [2.24, 2.45) is 5.73 Å². The predicted octanol–water partition coefficient (Wildman–Crippen LogP) is 7.60. The van der Waals surface area contributed by atoms with E-state index in [-0.39, 0.29) is 38.4 Å². The van der Waals surface area contributed by atoms with Gasteiger partial charge in [-0.2, -0.15) is 0 Å². The summed E-state index contributed by atoms with van der Waals surface area (Å²) in [4.78, 5) is 31.1. The van der Waals surface area contributed by atoms with Crippen LogP contribution in [0, 0.1) is 11.6 Å². The van der Waals surface area contributed by atoms with Crippen molar-refractivity contribution in [2.75, 3.05) is 19.8 Å². The first-order chi connectivity index (χ1) is 27.2. The summed E-state index contributed by atoms with van der Waals surface area (Å²) in [7, 11) is -7.44. The van der Waals surface area contributed by atoms with Crippen molar-refractivity contribution in [1.82, 2.24) is 0 Å². The second kappa shape index (κ2) is 21.1. The van der Waals surface area contributed by atoms with E-state index >= 15 is 0 Å². The smallest absolute Gasteiger partial charge is 0.371 e. The molecule has 0 aliphatic heterocycles. The van der Waals surface area contributed by atoms with E-state index in [0.29, 0.717) is 31.4 Å². The van der Waals surface area contributed by atoms with Crippen LogP contribution >= 0.6 is 0 Å². The highest BCUT2D eigenvalue weighted by Crippen LogP contribution is 2.37. The van der Waals surface area contributed by atoms with Crippen LogP contribution in [0.1, 0.15) is 92.9 Å². The van der Waals surface area contributed by atoms with Crippen molar-refractivity contribution < 1.29 is 49.5 Å². The van der Waals surface area contributed by atoms with Crippen LogP contribution in [-0.2, 0) is 56.4 Å². The number of ether oxygens (including phenoxy) is 2.